The molecule has 32 heavy (non-hydrogen) atoms. The van der Waals surface area contributed by atoms with Crippen LogP contribution in [0.3, 0.4) is 0 Å². The Morgan fingerprint density at radius 2 is 0.969 bits per heavy atom. The van der Waals surface area contributed by atoms with Gasteiger partial charge in [0.15, 0.2) is 0 Å². The van der Waals surface area contributed by atoms with Gasteiger partial charge in [0.1, 0.15) is 0 Å². The van der Waals surface area contributed by atoms with E-state index in [2.05, 4.69) is 19.9 Å². The van der Waals surface area contributed by atoms with E-state index in [0.717, 1.165) is 10.8 Å². The molecule has 0 aliphatic rings. The zero-order valence-corrected chi connectivity index (χ0v) is 18.4. The van der Waals surface area contributed by atoms with Crippen molar-refractivity contribution in [2.75, 3.05) is 0 Å². The summed E-state index contributed by atoms with van der Waals surface area (Å²) in [5.74, 6) is 0. The van der Waals surface area contributed by atoms with Crippen molar-refractivity contribution in [3.05, 3.63) is 102 Å². The third-order valence-corrected chi connectivity index (χ3v) is 4.25. The Labute approximate surface area is 183 Å². The van der Waals surface area contributed by atoms with Gasteiger partial charge in [-0.1, -0.05) is 64.1 Å². The van der Waals surface area contributed by atoms with E-state index in [0.29, 0.717) is 21.8 Å². The molecule has 0 saturated heterocycles. The first-order chi connectivity index (χ1) is 15.5. The number of H-pyrrole nitrogens is 4. The molecule has 3 aromatic carbocycles. The van der Waals surface area contributed by atoms with Gasteiger partial charge in [-0.2, -0.15) is 0 Å². The summed E-state index contributed by atoms with van der Waals surface area (Å²) in [4.78, 5) is 54.1. The smallest absolute Gasteiger partial charge is 0.307 e. The number of hydrogen-bond acceptors (Lipinski definition) is 4. The summed E-state index contributed by atoms with van der Waals surface area (Å²) in [5, 5.41) is 2.97. The van der Waals surface area contributed by atoms with Gasteiger partial charge >= 0.3 is 11.4 Å². The highest BCUT2D eigenvalue weighted by atomic mass is 16.2. The summed E-state index contributed by atoms with van der Waals surface area (Å²) in [5.41, 5.74) is -0.538. The maximum absolute atomic E-state index is 11.6. The molecule has 8 nitrogen and oxygen atoms in total. The SMILES string of the molecule is CC.CC.O=c1[nH]c(=O)c2cc3ccccc3cc2[nH]1.O=c1[nH]c(=O)c2ccccc2[nH]1. The number of aromatic nitrogens is 4. The second-order valence-electron chi connectivity index (χ2n) is 6.11. The molecule has 4 N–H and O–H groups in total. The lowest BCUT2D eigenvalue weighted by molar-refractivity contribution is 1.08. The summed E-state index contributed by atoms with van der Waals surface area (Å²) in [7, 11) is 0. The van der Waals surface area contributed by atoms with Crippen LogP contribution >= 0.6 is 0 Å². The molecule has 0 bridgehead atoms. The van der Waals surface area contributed by atoms with Gasteiger partial charge in [0.05, 0.1) is 21.8 Å². The van der Waals surface area contributed by atoms with Gasteiger partial charge in [-0.3, -0.25) is 19.6 Å². The summed E-state index contributed by atoms with van der Waals surface area (Å²) >= 11 is 0. The van der Waals surface area contributed by atoms with E-state index in [1.165, 1.54) is 0 Å². The highest BCUT2D eigenvalue weighted by Gasteiger charge is 2.02. The molecule has 0 atom stereocenters. The van der Waals surface area contributed by atoms with Gasteiger partial charge in [0.2, 0.25) is 0 Å². The molecule has 166 valence electrons. The highest BCUT2D eigenvalue weighted by Crippen LogP contribution is 2.17. The Kier molecular flexibility index (Phi) is 8.47. The van der Waals surface area contributed by atoms with Crippen LogP contribution in [-0.2, 0) is 0 Å². The largest absolute Gasteiger partial charge is 0.326 e. The molecule has 8 heteroatoms. The minimum Gasteiger partial charge on any atom is -0.307 e. The fourth-order valence-electron chi connectivity index (χ4n) is 2.97. The molecule has 0 radical (unpaired) electrons. The monoisotopic (exact) mass is 434 g/mol. The lowest BCUT2D eigenvalue weighted by Crippen LogP contribution is -2.21. The van der Waals surface area contributed by atoms with Gasteiger partial charge in [0.25, 0.3) is 11.1 Å². The number of fused-ring (bicyclic) bond motifs is 3. The van der Waals surface area contributed by atoms with Crippen LogP contribution in [0.15, 0.2) is 79.8 Å². The zero-order chi connectivity index (χ0) is 23.7. The normalized spacial score (nSPS) is 9.75. The van der Waals surface area contributed by atoms with E-state index in [1.54, 1.807) is 36.4 Å². The molecule has 0 aliphatic carbocycles. The summed E-state index contributed by atoms with van der Waals surface area (Å²) in [6, 6.07) is 18.1. The molecule has 5 aromatic rings. The molecule has 5 rings (SSSR count). The van der Waals surface area contributed by atoms with Crippen molar-refractivity contribution < 1.29 is 0 Å². The maximum atomic E-state index is 11.6. The predicted molar refractivity (Wildman–Crippen MR) is 131 cm³/mol. The van der Waals surface area contributed by atoms with Crippen molar-refractivity contribution in [2.24, 2.45) is 0 Å². The van der Waals surface area contributed by atoms with Crippen LogP contribution in [0.25, 0.3) is 32.6 Å². The van der Waals surface area contributed by atoms with Gasteiger partial charge in [0, 0.05) is 0 Å². The Morgan fingerprint density at radius 1 is 0.500 bits per heavy atom. The van der Waals surface area contributed by atoms with E-state index >= 15 is 0 Å². The number of nitrogens with one attached hydrogen (secondary N) is 4. The first kappa shape index (κ1) is 24.1. The van der Waals surface area contributed by atoms with Gasteiger partial charge in [-0.15, -0.1) is 0 Å². The van der Waals surface area contributed by atoms with Crippen LogP contribution in [0, 0.1) is 0 Å². The maximum Gasteiger partial charge on any atom is 0.326 e. The number of aromatic amines is 4. The van der Waals surface area contributed by atoms with Crippen LogP contribution in [0.1, 0.15) is 27.7 Å². The van der Waals surface area contributed by atoms with E-state index in [-0.39, 0.29) is 11.1 Å². The van der Waals surface area contributed by atoms with Crippen molar-refractivity contribution in [1.29, 1.82) is 0 Å². The van der Waals surface area contributed by atoms with Crippen molar-refractivity contribution >= 4 is 32.6 Å². The number of para-hydroxylation sites is 1. The second-order valence-corrected chi connectivity index (χ2v) is 6.11. The molecule has 0 saturated carbocycles. The molecule has 2 heterocycles. The average molecular weight is 434 g/mol. The fraction of sp³-hybridized carbons (Fsp3) is 0.167. The summed E-state index contributed by atoms with van der Waals surface area (Å²) < 4.78 is 0. The lowest BCUT2D eigenvalue weighted by Gasteiger charge is -2.00. The van der Waals surface area contributed by atoms with E-state index in [4.69, 9.17) is 0 Å². The fourth-order valence-corrected chi connectivity index (χ4v) is 2.97. The van der Waals surface area contributed by atoms with Crippen LogP contribution in [0.2, 0.25) is 0 Å². The number of hydrogen-bond donors (Lipinski definition) is 4. The lowest BCUT2D eigenvalue weighted by atomic mass is 10.1. The van der Waals surface area contributed by atoms with Gasteiger partial charge in [-0.25, -0.2) is 9.59 Å². The Morgan fingerprint density at radius 3 is 1.59 bits per heavy atom. The molecule has 0 spiro atoms. The first-order valence-corrected chi connectivity index (χ1v) is 10.4. The quantitative estimate of drug-likeness (QED) is 0.277. The van der Waals surface area contributed by atoms with Crippen molar-refractivity contribution in [2.45, 2.75) is 27.7 Å². The average Bonchev–Trinajstić information content (AvgIpc) is 2.81. The van der Waals surface area contributed by atoms with Crippen LogP contribution < -0.4 is 22.5 Å². The van der Waals surface area contributed by atoms with Crippen molar-refractivity contribution in [3.63, 3.8) is 0 Å². The zero-order valence-electron chi connectivity index (χ0n) is 18.4. The van der Waals surface area contributed by atoms with Gasteiger partial charge < -0.3 is 9.97 Å². The molecule has 0 aliphatic heterocycles. The minimum atomic E-state index is -0.479. The Hall–Kier alpha value is -4.20. The molecule has 0 amide bonds. The number of benzene rings is 3. The Balaban J connectivity index is 0.000000203. The topological polar surface area (TPSA) is 131 Å². The Bertz CT molecular complexity index is 1560. The standard InChI is InChI=1S/C12H8N2O2.C8H6N2O2.2C2H6/c15-11-9-5-7-3-1-2-4-8(7)6-10(9)13-12(16)14-11;11-7-5-3-1-2-4-6(5)9-8(12)10-7;2*1-2/h1-6H,(H2,13,14,15,16);1-4H,(H2,9,10,11,12);2*1-2H3. The van der Waals surface area contributed by atoms with E-state index < -0.39 is 11.4 Å². The minimum absolute atomic E-state index is 0.352. The predicted octanol–water partition coefficient (Wildman–Crippen LogP) is 3.64. The van der Waals surface area contributed by atoms with Crippen LogP contribution in [0.5, 0.6) is 0 Å². The second kappa shape index (κ2) is 11.3. The third-order valence-electron chi connectivity index (χ3n) is 4.25. The third kappa shape index (κ3) is 5.48. The molecule has 2 aromatic heterocycles. The molecular weight excluding hydrogens is 408 g/mol. The van der Waals surface area contributed by atoms with Gasteiger partial charge in [-0.05, 0) is 35.0 Å². The summed E-state index contributed by atoms with van der Waals surface area (Å²) in [6.45, 7) is 8.00. The van der Waals surface area contributed by atoms with Crippen molar-refractivity contribution in [1.82, 2.24) is 19.9 Å². The van der Waals surface area contributed by atoms with Crippen molar-refractivity contribution in [3.8, 4) is 0 Å². The van der Waals surface area contributed by atoms with E-state index in [1.807, 2.05) is 52.0 Å². The molecule has 0 fully saturated rings. The van der Waals surface area contributed by atoms with Crippen LogP contribution in [-0.4, -0.2) is 19.9 Å². The molecule has 0 unspecified atom stereocenters. The first-order valence-electron chi connectivity index (χ1n) is 10.4. The number of rotatable bonds is 0. The highest BCUT2D eigenvalue weighted by molar-refractivity contribution is 5.95. The van der Waals surface area contributed by atoms with Crippen LogP contribution in [0.4, 0.5) is 0 Å². The molecular formula is C24H26N4O4. The van der Waals surface area contributed by atoms with E-state index in [9.17, 15) is 19.2 Å². The summed E-state index contributed by atoms with van der Waals surface area (Å²) in [6.07, 6.45) is 0.